The molecule has 1 saturated heterocycles. The first-order valence-electron chi connectivity index (χ1n) is 8.48. The topological polar surface area (TPSA) is 47.9 Å². The molecule has 138 valence electrons. The van der Waals surface area contributed by atoms with Crippen LogP contribution in [0, 0.1) is 0 Å². The van der Waals surface area contributed by atoms with Crippen LogP contribution >= 0.6 is 0 Å². The first-order chi connectivity index (χ1) is 12.5. The smallest absolute Gasteiger partial charge is 0.411 e. The van der Waals surface area contributed by atoms with Gasteiger partial charge in [-0.15, -0.1) is 0 Å². The summed E-state index contributed by atoms with van der Waals surface area (Å²) in [7, 11) is 0. The number of nitrogens with zero attached hydrogens (tertiary/aromatic N) is 2. The first-order valence-corrected chi connectivity index (χ1v) is 8.48. The molecular formula is C19H20F3N3O. The van der Waals surface area contributed by atoms with Gasteiger partial charge in [0.15, 0.2) is 0 Å². The molecule has 1 aliphatic rings. The van der Waals surface area contributed by atoms with Crippen LogP contribution in [0.2, 0.25) is 0 Å². The summed E-state index contributed by atoms with van der Waals surface area (Å²) in [5.74, 6) is 0. The van der Waals surface area contributed by atoms with E-state index in [0.717, 1.165) is 31.1 Å². The van der Waals surface area contributed by atoms with Crippen LogP contribution in [0.25, 0.3) is 0 Å². The van der Waals surface area contributed by atoms with E-state index in [1.54, 1.807) is 0 Å². The second-order valence-electron chi connectivity index (χ2n) is 6.26. The number of rotatable bonds is 4. The molecule has 3 rings (SSSR count). The van der Waals surface area contributed by atoms with Crippen LogP contribution in [0.3, 0.4) is 0 Å². The molecule has 0 aliphatic carbocycles. The number of halogens is 3. The molecule has 1 heterocycles. The fourth-order valence-electron chi connectivity index (χ4n) is 3.13. The average Bonchev–Trinajstić information content (AvgIpc) is 2.64. The van der Waals surface area contributed by atoms with E-state index in [1.165, 1.54) is 31.4 Å². The number of oxime groups is 1. The van der Waals surface area contributed by atoms with E-state index >= 15 is 0 Å². The van der Waals surface area contributed by atoms with Gasteiger partial charge in [0, 0.05) is 35.7 Å². The highest BCUT2D eigenvalue weighted by Crippen LogP contribution is 2.34. The lowest BCUT2D eigenvalue weighted by Gasteiger charge is -2.28. The first kappa shape index (κ1) is 18.1. The summed E-state index contributed by atoms with van der Waals surface area (Å²) >= 11 is 0. The van der Waals surface area contributed by atoms with E-state index in [4.69, 9.17) is 5.21 Å². The van der Waals surface area contributed by atoms with E-state index in [9.17, 15) is 13.2 Å². The normalized spacial score (nSPS) is 15.4. The SMILES string of the molecule is O/N=C/c1ccc(Nc2ccc(N3CCCCC3)cc2)cc1C(F)(F)F. The minimum absolute atomic E-state index is 0.189. The minimum atomic E-state index is -4.54. The quantitative estimate of drug-likeness (QED) is 0.443. The molecule has 0 bridgehead atoms. The number of anilines is 3. The van der Waals surface area contributed by atoms with Crippen LogP contribution in [0.4, 0.5) is 30.2 Å². The van der Waals surface area contributed by atoms with Crippen molar-refractivity contribution in [1.82, 2.24) is 0 Å². The third-order valence-corrected chi connectivity index (χ3v) is 4.43. The predicted octanol–water partition coefficient (Wildman–Crippen LogP) is 5.25. The Bertz CT molecular complexity index is 767. The zero-order chi connectivity index (χ0) is 18.6. The number of nitrogens with one attached hydrogen (secondary N) is 1. The highest BCUT2D eigenvalue weighted by Gasteiger charge is 2.33. The van der Waals surface area contributed by atoms with E-state index < -0.39 is 11.7 Å². The van der Waals surface area contributed by atoms with Crippen LogP contribution in [0.5, 0.6) is 0 Å². The van der Waals surface area contributed by atoms with Crippen molar-refractivity contribution >= 4 is 23.3 Å². The fraction of sp³-hybridized carbons (Fsp3) is 0.316. The maximum Gasteiger partial charge on any atom is 0.417 e. The third kappa shape index (κ3) is 4.28. The Kier molecular flexibility index (Phi) is 5.35. The lowest BCUT2D eigenvalue weighted by atomic mass is 10.1. The molecule has 26 heavy (non-hydrogen) atoms. The molecule has 0 unspecified atom stereocenters. The Hall–Kier alpha value is -2.70. The third-order valence-electron chi connectivity index (χ3n) is 4.43. The fourth-order valence-corrected chi connectivity index (χ4v) is 3.13. The Morgan fingerprint density at radius 1 is 0.962 bits per heavy atom. The number of alkyl halides is 3. The highest BCUT2D eigenvalue weighted by molar-refractivity contribution is 5.83. The van der Waals surface area contributed by atoms with Crippen molar-refractivity contribution in [1.29, 1.82) is 0 Å². The van der Waals surface area contributed by atoms with E-state index in [-0.39, 0.29) is 5.56 Å². The number of benzene rings is 2. The number of hydrogen-bond donors (Lipinski definition) is 2. The zero-order valence-electron chi connectivity index (χ0n) is 14.1. The molecule has 0 saturated carbocycles. The van der Waals surface area contributed by atoms with Gasteiger partial charge in [0.1, 0.15) is 0 Å². The summed E-state index contributed by atoms with van der Waals surface area (Å²) in [5, 5.41) is 14.2. The standard InChI is InChI=1S/C19H20F3N3O/c20-19(21,22)18-12-16(5-4-14(18)13-23-26)24-15-6-8-17(9-7-15)25-10-2-1-3-11-25/h4-9,12-13,24,26H,1-3,10-11H2/b23-13+. The van der Waals surface area contributed by atoms with E-state index in [2.05, 4.69) is 15.4 Å². The Morgan fingerprint density at radius 2 is 1.62 bits per heavy atom. The van der Waals surface area contributed by atoms with Crippen molar-refractivity contribution in [3.63, 3.8) is 0 Å². The monoisotopic (exact) mass is 363 g/mol. The molecule has 0 amide bonds. The molecular weight excluding hydrogens is 343 g/mol. The molecule has 1 aliphatic heterocycles. The van der Waals surface area contributed by atoms with Gasteiger partial charge in [-0.1, -0.05) is 11.2 Å². The van der Waals surface area contributed by atoms with Gasteiger partial charge in [0.25, 0.3) is 0 Å². The van der Waals surface area contributed by atoms with Crippen molar-refractivity contribution in [2.24, 2.45) is 5.16 Å². The number of piperidine rings is 1. The Balaban J connectivity index is 1.78. The molecule has 2 aromatic carbocycles. The zero-order valence-corrected chi connectivity index (χ0v) is 14.1. The minimum Gasteiger partial charge on any atom is -0.411 e. The Labute approximate surface area is 149 Å². The van der Waals surface area contributed by atoms with E-state index in [0.29, 0.717) is 11.4 Å². The second-order valence-corrected chi connectivity index (χ2v) is 6.26. The summed E-state index contributed by atoms with van der Waals surface area (Å²) in [4.78, 5) is 2.32. The number of hydrogen-bond acceptors (Lipinski definition) is 4. The van der Waals surface area contributed by atoms with Crippen molar-refractivity contribution in [3.05, 3.63) is 53.6 Å². The Morgan fingerprint density at radius 3 is 2.23 bits per heavy atom. The molecule has 2 aromatic rings. The summed E-state index contributed by atoms with van der Waals surface area (Å²) in [6, 6.07) is 11.5. The molecule has 4 nitrogen and oxygen atoms in total. The van der Waals surface area contributed by atoms with Crippen LogP contribution in [0.15, 0.2) is 47.6 Å². The molecule has 0 radical (unpaired) electrons. The van der Waals surface area contributed by atoms with Gasteiger partial charge >= 0.3 is 6.18 Å². The molecule has 0 atom stereocenters. The molecule has 1 fully saturated rings. The van der Waals surface area contributed by atoms with Gasteiger partial charge in [0.05, 0.1) is 11.8 Å². The second kappa shape index (κ2) is 7.68. The van der Waals surface area contributed by atoms with Crippen molar-refractivity contribution in [3.8, 4) is 0 Å². The van der Waals surface area contributed by atoms with Gasteiger partial charge in [0.2, 0.25) is 0 Å². The summed E-state index contributed by atoms with van der Waals surface area (Å²) < 4.78 is 39.5. The molecule has 0 aromatic heterocycles. The van der Waals surface area contributed by atoms with Gasteiger partial charge < -0.3 is 15.4 Å². The van der Waals surface area contributed by atoms with Crippen LogP contribution < -0.4 is 10.2 Å². The van der Waals surface area contributed by atoms with Gasteiger partial charge in [-0.25, -0.2) is 0 Å². The van der Waals surface area contributed by atoms with Crippen molar-refractivity contribution < 1.29 is 18.4 Å². The van der Waals surface area contributed by atoms with Crippen molar-refractivity contribution in [2.75, 3.05) is 23.3 Å². The van der Waals surface area contributed by atoms with Crippen LogP contribution in [-0.2, 0) is 6.18 Å². The molecule has 7 heteroatoms. The van der Waals surface area contributed by atoms with Gasteiger partial charge in [-0.05, 0) is 55.7 Å². The largest absolute Gasteiger partial charge is 0.417 e. The van der Waals surface area contributed by atoms with Crippen molar-refractivity contribution in [2.45, 2.75) is 25.4 Å². The van der Waals surface area contributed by atoms with Gasteiger partial charge in [-0.2, -0.15) is 13.2 Å². The lowest BCUT2D eigenvalue weighted by Crippen LogP contribution is -2.29. The van der Waals surface area contributed by atoms with Crippen LogP contribution in [-0.4, -0.2) is 24.5 Å². The maximum absolute atomic E-state index is 13.2. The van der Waals surface area contributed by atoms with Crippen LogP contribution in [0.1, 0.15) is 30.4 Å². The predicted molar refractivity (Wildman–Crippen MR) is 96.6 cm³/mol. The maximum atomic E-state index is 13.2. The molecule has 2 N–H and O–H groups in total. The average molecular weight is 363 g/mol. The summed E-state index contributed by atoms with van der Waals surface area (Å²) in [5.41, 5.74) is 1.11. The van der Waals surface area contributed by atoms with E-state index in [1.807, 2.05) is 24.3 Å². The van der Waals surface area contributed by atoms with Gasteiger partial charge in [-0.3, -0.25) is 0 Å². The summed E-state index contributed by atoms with van der Waals surface area (Å²) in [6.07, 6.45) is -0.131. The molecule has 0 spiro atoms. The lowest BCUT2D eigenvalue weighted by molar-refractivity contribution is -0.137. The summed E-state index contributed by atoms with van der Waals surface area (Å²) in [6.45, 7) is 2.07. The highest BCUT2D eigenvalue weighted by atomic mass is 19.4.